The van der Waals surface area contributed by atoms with Gasteiger partial charge in [0.05, 0.1) is 29.1 Å². The van der Waals surface area contributed by atoms with E-state index < -0.39 is 0 Å². The molecule has 0 fully saturated rings. The lowest BCUT2D eigenvalue weighted by molar-refractivity contribution is 0.0994. The first-order chi connectivity index (χ1) is 13.7. The highest BCUT2D eigenvalue weighted by Gasteiger charge is 2.13. The Labute approximate surface area is 170 Å². The molecule has 0 radical (unpaired) electrons. The van der Waals surface area contributed by atoms with Crippen LogP contribution >= 0.6 is 15.9 Å². The Hall–Kier alpha value is -3.13. The number of rotatable bonds is 7. The lowest BCUT2D eigenvalue weighted by Crippen LogP contribution is -2.10. The molecule has 1 amide bonds. The first-order valence-corrected chi connectivity index (χ1v) is 9.59. The first kappa shape index (κ1) is 18.2. The summed E-state index contributed by atoms with van der Waals surface area (Å²) in [5.74, 6) is 0.591. The zero-order valence-corrected chi connectivity index (χ0v) is 16.5. The van der Waals surface area contributed by atoms with E-state index in [0.29, 0.717) is 18.0 Å². The van der Waals surface area contributed by atoms with Gasteiger partial charge in [0.15, 0.2) is 5.76 Å². The van der Waals surface area contributed by atoms with E-state index in [9.17, 15) is 4.79 Å². The van der Waals surface area contributed by atoms with Crippen molar-refractivity contribution in [1.82, 2.24) is 19.6 Å². The lowest BCUT2D eigenvalue weighted by atomic mass is 10.1. The number of halogens is 1. The van der Waals surface area contributed by atoms with Gasteiger partial charge in [0.2, 0.25) is 0 Å². The van der Waals surface area contributed by atoms with E-state index in [1.807, 2.05) is 35.3 Å². The summed E-state index contributed by atoms with van der Waals surface area (Å²) >= 11 is 3.35. The third-order valence-electron chi connectivity index (χ3n) is 4.17. The molecule has 0 aliphatic heterocycles. The van der Waals surface area contributed by atoms with E-state index in [4.69, 9.17) is 4.42 Å². The number of amides is 1. The number of aryl methyl sites for hydroxylation is 2. The Morgan fingerprint density at radius 3 is 2.64 bits per heavy atom. The van der Waals surface area contributed by atoms with Crippen LogP contribution in [-0.2, 0) is 19.5 Å². The molecule has 0 saturated heterocycles. The number of carbonyl (C=O) groups excluding carboxylic acids is 1. The Bertz CT molecular complexity index is 1070. The van der Waals surface area contributed by atoms with Gasteiger partial charge in [-0.05, 0) is 40.0 Å². The summed E-state index contributed by atoms with van der Waals surface area (Å²) in [5, 5.41) is 11.3. The molecule has 0 saturated carbocycles. The molecule has 4 rings (SSSR count). The molecule has 0 bridgehead atoms. The van der Waals surface area contributed by atoms with Gasteiger partial charge in [0.1, 0.15) is 5.76 Å². The van der Waals surface area contributed by atoms with Crippen LogP contribution < -0.4 is 5.32 Å². The molecule has 8 heteroatoms. The van der Waals surface area contributed by atoms with Crippen molar-refractivity contribution in [3.63, 3.8) is 0 Å². The van der Waals surface area contributed by atoms with Crippen LogP contribution in [0.3, 0.4) is 0 Å². The first-order valence-electron chi connectivity index (χ1n) is 8.80. The van der Waals surface area contributed by atoms with Gasteiger partial charge in [-0.1, -0.05) is 30.3 Å². The molecule has 1 N–H and O–H groups in total. The Kier molecular flexibility index (Phi) is 5.38. The van der Waals surface area contributed by atoms with Crippen molar-refractivity contribution in [3.05, 3.63) is 88.8 Å². The van der Waals surface area contributed by atoms with E-state index in [-0.39, 0.29) is 11.7 Å². The fraction of sp³-hybridized carbons (Fsp3) is 0.150. The molecule has 142 valence electrons. The highest BCUT2D eigenvalue weighted by atomic mass is 79.9. The summed E-state index contributed by atoms with van der Waals surface area (Å²) in [6.07, 6.45) is 7.86. The standard InChI is InChI=1S/C20H18BrN5O2/c21-16-10-22-26(12-16)14-18-6-7-19(28-18)20(27)24-17-11-23-25(13-17)9-8-15-4-2-1-3-5-15/h1-7,10-13H,8-9,14H2,(H,24,27). The Balaban J connectivity index is 1.33. The van der Waals surface area contributed by atoms with Crippen LogP contribution in [0.5, 0.6) is 0 Å². The predicted octanol–water partition coefficient (Wildman–Crippen LogP) is 3.98. The number of aromatic nitrogens is 4. The van der Waals surface area contributed by atoms with Crippen molar-refractivity contribution in [2.45, 2.75) is 19.5 Å². The summed E-state index contributed by atoms with van der Waals surface area (Å²) in [5.41, 5.74) is 1.88. The second-order valence-electron chi connectivity index (χ2n) is 6.30. The minimum absolute atomic E-state index is 0.248. The SMILES string of the molecule is O=C(Nc1cnn(CCc2ccccc2)c1)c1ccc(Cn2cc(Br)cn2)o1. The van der Waals surface area contributed by atoms with Gasteiger partial charge in [0.25, 0.3) is 5.91 Å². The van der Waals surface area contributed by atoms with E-state index >= 15 is 0 Å². The third-order valence-corrected chi connectivity index (χ3v) is 4.58. The number of hydrogen-bond acceptors (Lipinski definition) is 4. The van der Waals surface area contributed by atoms with Crippen LogP contribution in [0.25, 0.3) is 0 Å². The third kappa shape index (κ3) is 4.58. The molecule has 0 atom stereocenters. The molecule has 0 aliphatic carbocycles. The Morgan fingerprint density at radius 1 is 1.04 bits per heavy atom. The van der Waals surface area contributed by atoms with E-state index in [1.54, 1.807) is 29.2 Å². The fourth-order valence-electron chi connectivity index (χ4n) is 2.80. The lowest BCUT2D eigenvalue weighted by Gasteiger charge is -2.02. The van der Waals surface area contributed by atoms with Crippen LogP contribution in [0.2, 0.25) is 0 Å². The number of carbonyl (C=O) groups is 1. The second-order valence-corrected chi connectivity index (χ2v) is 7.22. The van der Waals surface area contributed by atoms with Crippen molar-refractivity contribution in [2.75, 3.05) is 5.32 Å². The molecule has 3 aromatic heterocycles. The monoisotopic (exact) mass is 439 g/mol. The van der Waals surface area contributed by atoms with Crippen LogP contribution in [0, 0.1) is 0 Å². The second kappa shape index (κ2) is 8.26. The number of nitrogens with one attached hydrogen (secondary N) is 1. The van der Waals surface area contributed by atoms with E-state index in [2.05, 4.69) is 43.6 Å². The molecule has 0 unspecified atom stereocenters. The Morgan fingerprint density at radius 2 is 1.86 bits per heavy atom. The van der Waals surface area contributed by atoms with Crippen molar-refractivity contribution in [2.24, 2.45) is 0 Å². The molecular weight excluding hydrogens is 422 g/mol. The van der Waals surface area contributed by atoms with Gasteiger partial charge in [-0.3, -0.25) is 14.2 Å². The average Bonchev–Trinajstić information content (AvgIpc) is 3.43. The smallest absolute Gasteiger partial charge is 0.291 e. The van der Waals surface area contributed by atoms with Crippen LogP contribution in [0.4, 0.5) is 5.69 Å². The zero-order chi connectivity index (χ0) is 19.3. The summed E-state index contributed by atoms with van der Waals surface area (Å²) in [7, 11) is 0. The zero-order valence-electron chi connectivity index (χ0n) is 15.0. The van der Waals surface area contributed by atoms with Gasteiger partial charge in [-0.25, -0.2) is 0 Å². The number of nitrogens with zero attached hydrogens (tertiary/aromatic N) is 4. The number of anilines is 1. The largest absolute Gasteiger partial charge is 0.454 e. The minimum atomic E-state index is -0.310. The number of furan rings is 1. The summed E-state index contributed by atoms with van der Waals surface area (Å²) in [4.78, 5) is 12.4. The van der Waals surface area contributed by atoms with Crippen LogP contribution in [0.15, 0.2) is 76.1 Å². The highest BCUT2D eigenvalue weighted by molar-refractivity contribution is 9.10. The van der Waals surface area contributed by atoms with Gasteiger partial charge >= 0.3 is 0 Å². The molecule has 4 aromatic rings. The maximum absolute atomic E-state index is 12.4. The van der Waals surface area contributed by atoms with Crippen molar-refractivity contribution in [3.8, 4) is 0 Å². The normalized spacial score (nSPS) is 10.9. The molecule has 0 aliphatic rings. The van der Waals surface area contributed by atoms with Crippen molar-refractivity contribution >= 4 is 27.5 Å². The quantitative estimate of drug-likeness (QED) is 0.472. The molecule has 3 heterocycles. The summed E-state index contributed by atoms with van der Waals surface area (Å²) < 4.78 is 10.1. The highest BCUT2D eigenvalue weighted by Crippen LogP contribution is 2.14. The molecule has 7 nitrogen and oxygen atoms in total. The van der Waals surface area contributed by atoms with Crippen molar-refractivity contribution in [1.29, 1.82) is 0 Å². The van der Waals surface area contributed by atoms with E-state index in [0.717, 1.165) is 17.4 Å². The molecule has 1 aromatic carbocycles. The molecule has 0 spiro atoms. The van der Waals surface area contributed by atoms with E-state index in [1.165, 1.54) is 5.56 Å². The summed E-state index contributed by atoms with van der Waals surface area (Å²) in [6, 6.07) is 13.6. The molecular formula is C20H18BrN5O2. The fourth-order valence-corrected chi connectivity index (χ4v) is 3.13. The maximum atomic E-state index is 12.4. The van der Waals surface area contributed by atoms with Gasteiger partial charge in [0, 0.05) is 18.9 Å². The van der Waals surface area contributed by atoms with Crippen LogP contribution in [0.1, 0.15) is 21.9 Å². The predicted molar refractivity (Wildman–Crippen MR) is 108 cm³/mol. The van der Waals surface area contributed by atoms with Gasteiger partial charge < -0.3 is 9.73 Å². The van der Waals surface area contributed by atoms with Crippen molar-refractivity contribution < 1.29 is 9.21 Å². The van der Waals surface area contributed by atoms with Gasteiger partial charge in [-0.2, -0.15) is 10.2 Å². The molecule has 28 heavy (non-hydrogen) atoms. The van der Waals surface area contributed by atoms with Crippen LogP contribution in [-0.4, -0.2) is 25.5 Å². The summed E-state index contributed by atoms with van der Waals surface area (Å²) in [6.45, 7) is 1.19. The minimum Gasteiger partial charge on any atom is -0.454 e. The topological polar surface area (TPSA) is 77.9 Å². The van der Waals surface area contributed by atoms with Gasteiger partial charge in [-0.15, -0.1) is 0 Å². The number of hydrogen-bond donors (Lipinski definition) is 1. The maximum Gasteiger partial charge on any atom is 0.291 e. The average molecular weight is 440 g/mol. The number of benzene rings is 1.